The normalized spacial score (nSPS) is 10.8. The Hall–Kier alpha value is -1.97. The van der Waals surface area contributed by atoms with Crippen LogP contribution in [0.2, 0.25) is 10.0 Å². The summed E-state index contributed by atoms with van der Waals surface area (Å²) in [6.45, 7) is 2.35. The highest BCUT2D eigenvalue weighted by molar-refractivity contribution is 6.35. The fourth-order valence-corrected chi connectivity index (χ4v) is 3.85. The molecule has 144 valence electrons. The number of hydrogen-bond acceptors (Lipinski definition) is 1. The van der Waals surface area contributed by atoms with E-state index in [9.17, 15) is 0 Å². The number of halogens is 3. The second-order valence-electron chi connectivity index (χ2n) is 6.62. The van der Waals surface area contributed by atoms with E-state index in [1.807, 2.05) is 12.1 Å². The molecule has 0 aliphatic heterocycles. The molecule has 1 aromatic heterocycles. The Balaban J connectivity index is 0.00000225. The monoisotopic (exact) mass is 430 g/mol. The van der Waals surface area contributed by atoms with Gasteiger partial charge < -0.3 is 9.88 Å². The number of para-hydroxylation sites is 1. The van der Waals surface area contributed by atoms with Gasteiger partial charge in [-0.05, 0) is 34.9 Å². The van der Waals surface area contributed by atoms with Crippen molar-refractivity contribution >= 4 is 46.5 Å². The predicted octanol–water partition coefficient (Wildman–Crippen LogP) is 6.71. The molecular formula is C23H21Cl3N2. The third-order valence-corrected chi connectivity index (χ3v) is 5.30. The average Bonchev–Trinajstić information content (AvgIpc) is 3.02. The van der Waals surface area contributed by atoms with Gasteiger partial charge in [0.2, 0.25) is 0 Å². The van der Waals surface area contributed by atoms with E-state index >= 15 is 0 Å². The van der Waals surface area contributed by atoms with Gasteiger partial charge in [-0.2, -0.15) is 0 Å². The lowest BCUT2D eigenvalue weighted by Gasteiger charge is -2.07. The van der Waals surface area contributed by atoms with Crippen molar-refractivity contribution < 1.29 is 0 Å². The zero-order chi connectivity index (χ0) is 18.6. The van der Waals surface area contributed by atoms with E-state index in [-0.39, 0.29) is 12.4 Å². The summed E-state index contributed by atoms with van der Waals surface area (Å²) >= 11 is 12.2. The summed E-state index contributed by atoms with van der Waals surface area (Å²) in [5, 5.41) is 6.14. The molecular weight excluding hydrogens is 411 g/mol. The Morgan fingerprint density at radius 3 is 2.29 bits per heavy atom. The highest BCUT2D eigenvalue weighted by atomic mass is 35.5. The molecule has 4 rings (SSSR count). The molecule has 0 bridgehead atoms. The van der Waals surface area contributed by atoms with E-state index in [0.717, 1.165) is 18.7 Å². The van der Waals surface area contributed by atoms with Crippen LogP contribution in [-0.4, -0.2) is 4.57 Å². The van der Waals surface area contributed by atoms with Crippen molar-refractivity contribution in [3.63, 3.8) is 0 Å². The van der Waals surface area contributed by atoms with Gasteiger partial charge in [-0.1, -0.05) is 77.8 Å². The number of nitrogens with one attached hydrogen (secondary N) is 1. The highest BCUT2D eigenvalue weighted by Crippen LogP contribution is 2.24. The largest absolute Gasteiger partial charge is 0.343 e. The molecule has 1 heterocycles. The summed E-state index contributed by atoms with van der Waals surface area (Å²) in [6.07, 6.45) is 2.24. The lowest BCUT2D eigenvalue weighted by Crippen LogP contribution is -2.12. The minimum atomic E-state index is 0. The van der Waals surface area contributed by atoms with Crippen LogP contribution < -0.4 is 5.32 Å². The molecule has 0 saturated heterocycles. The fourth-order valence-electron chi connectivity index (χ4n) is 3.37. The lowest BCUT2D eigenvalue weighted by molar-refractivity contribution is 0.692. The molecule has 0 saturated carbocycles. The maximum Gasteiger partial charge on any atom is 0.0486 e. The van der Waals surface area contributed by atoms with Crippen LogP contribution in [0.15, 0.2) is 79.0 Å². The van der Waals surface area contributed by atoms with E-state index in [1.54, 1.807) is 6.07 Å². The number of hydrogen-bond donors (Lipinski definition) is 1. The molecule has 0 unspecified atom stereocenters. The molecule has 1 N–H and O–H groups in total. The minimum Gasteiger partial charge on any atom is -0.343 e. The maximum absolute atomic E-state index is 6.27. The van der Waals surface area contributed by atoms with Gasteiger partial charge in [0.15, 0.2) is 0 Å². The van der Waals surface area contributed by atoms with Crippen molar-refractivity contribution in [2.45, 2.75) is 19.6 Å². The SMILES string of the molecule is Cl.Clc1ccc(CNCc2cn(Cc3ccccc3)c3ccccc23)c(Cl)c1. The number of rotatable bonds is 6. The number of fused-ring (bicyclic) bond motifs is 1. The van der Waals surface area contributed by atoms with Crippen LogP contribution in [-0.2, 0) is 19.6 Å². The van der Waals surface area contributed by atoms with Crippen LogP contribution in [0.25, 0.3) is 10.9 Å². The molecule has 3 aromatic carbocycles. The molecule has 0 aliphatic rings. The molecule has 2 nitrogen and oxygen atoms in total. The summed E-state index contributed by atoms with van der Waals surface area (Å²) in [5.74, 6) is 0. The smallest absolute Gasteiger partial charge is 0.0486 e. The first-order chi connectivity index (χ1) is 13.2. The minimum absolute atomic E-state index is 0. The number of benzene rings is 3. The number of aromatic nitrogens is 1. The third-order valence-electron chi connectivity index (χ3n) is 4.71. The van der Waals surface area contributed by atoms with Gasteiger partial charge in [-0.25, -0.2) is 0 Å². The molecule has 0 atom stereocenters. The molecule has 28 heavy (non-hydrogen) atoms. The van der Waals surface area contributed by atoms with Gasteiger partial charge in [0.05, 0.1) is 0 Å². The van der Waals surface area contributed by atoms with Crippen LogP contribution in [0.5, 0.6) is 0 Å². The molecule has 0 fully saturated rings. The molecule has 0 spiro atoms. The summed E-state index contributed by atoms with van der Waals surface area (Å²) in [6, 6.07) is 24.7. The zero-order valence-corrected chi connectivity index (χ0v) is 17.6. The first-order valence-electron chi connectivity index (χ1n) is 8.96. The van der Waals surface area contributed by atoms with Crippen molar-refractivity contribution in [2.75, 3.05) is 0 Å². The molecule has 0 amide bonds. The quantitative estimate of drug-likeness (QED) is 0.359. The van der Waals surface area contributed by atoms with Gasteiger partial charge >= 0.3 is 0 Å². The zero-order valence-electron chi connectivity index (χ0n) is 15.2. The van der Waals surface area contributed by atoms with E-state index < -0.39 is 0 Å². The maximum atomic E-state index is 6.27. The van der Waals surface area contributed by atoms with Crippen LogP contribution in [0.1, 0.15) is 16.7 Å². The van der Waals surface area contributed by atoms with Crippen molar-refractivity contribution in [3.05, 3.63) is 106 Å². The second kappa shape index (κ2) is 9.49. The Labute approximate surface area is 181 Å². The van der Waals surface area contributed by atoms with E-state index in [4.69, 9.17) is 23.2 Å². The molecule has 0 aliphatic carbocycles. The van der Waals surface area contributed by atoms with E-state index in [0.29, 0.717) is 16.6 Å². The van der Waals surface area contributed by atoms with Crippen LogP contribution in [0.3, 0.4) is 0 Å². The standard InChI is InChI=1S/C23H20Cl2N2.ClH/c24-20-11-10-18(22(25)12-20)13-26-14-19-16-27(15-17-6-2-1-3-7-17)23-9-5-4-8-21(19)23;/h1-12,16,26H,13-15H2;1H. The fraction of sp³-hybridized carbons (Fsp3) is 0.130. The van der Waals surface area contributed by atoms with E-state index in [2.05, 4.69) is 70.7 Å². The van der Waals surface area contributed by atoms with Crippen molar-refractivity contribution in [1.29, 1.82) is 0 Å². The van der Waals surface area contributed by atoms with Crippen LogP contribution in [0.4, 0.5) is 0 Å². The van der Waals surface area contributed by atoms with Crippen molar-refractivity contribution in [1.82, 2.24) is 9.88 Å². The van der Waals surface area contributed by atoms with Gasteiger partial charge in [-0.3, -0.25) is 0 Å². The number of nitrogens with zero attached hydrogens (tertiary/aromatic N) is 1. The summed E-state index contributed by atoms with van der Waals surface area (Å²) in [4.78, 5) is 0. The third kappa shape index (κ3) is 4.71. The lowest BCUT2D eigenvalue weighted by atomic mass is 10.1. The molecule has 4 aromatic rings. The average molecular weight is 432 g/mol. The van der Waals surface area contributed by atoms with Gasteiger partial charge in [-0.15, -0.1) is 12.4 Å². The van der Waals surface area contributed by atoms with Crippen LogP contribution >= 0.6 is 35.6 Å². The van der Waals surface area contributed by atoms with Gasteiger partial charge in [0.1, 0.15) is 0 Å². The van der Waals surface area contributed by atoms with Crippen molar-refractivity contribution in [3.8, 4) is 0 Å². The second-order valence-corrected chi connectivity index (χ2v) is 7.47. The Morgan fingerprint density at radius 1 is 0.786 bits per heavy atom. The van der Waals surface area contributed by atoms with Crippen LogP contribution in [0, 0.1) is 0 Å². The summed E-state index contributed by atoms with van der Waals surface area (Å²) in [7, 11) is 0. The Kier molecular flexibility index (Phi) is 7.03. The van der Waals surface area contributed by atoms with Gasteiger partial charge in [0, 0.05) is 46.8 Å². The first kappa shape index (κ1) is 20.8. The topological polar surface area (TPSA) is 17.0 Å². The van der Waals surface area contributed by atoms with Gasteiger partial charge in [0.25, 0.3) is 0 Å². The van der Waals surface area contributed by atoms with Crippen molar-refractivity contribution in [2.24, 2.45) is 0 Å². The predicted molar refractivity (Wildman–Crippen MR) is 122 cm³/mol. The summed E-state index contributed by atoms with van der Waals surface area (Å²) < 4.78 is 2.32. The highest BCUT2D eigenvalue weighted by Gasteiger charge is 2.09. The molecule has 0 radical (unpaired) electrons. The summed E-state index contributed by atoms with van der Waals surface area (Å²) in [5.41, 5.74) is 4.88. The molecule has 5 heteroatoms. The Morgan fingerprint density at radius 2 is 1.50 bits per heavy atom. The Bertz CT molecular complexity index is 1060. The van der Waals surface area contributed by atoms with E-state index in [1.165, 1.54) is 22.0 Å². The first-order valence-corrected chi connectivity index (χ1v) is 9.71.